The summed E-state index contributed by atoms with van der Waals surface area (Å²) < 4.78 is 0. The molecule has 4 rings (SSSR count). The highest BCUT2D eigenvalue weighted by Crippen LogP contribution is 2.33. The van der Waals surface area contributed by atoms with Crippen LogP contribution in [0.25, 0.3) is 10.9 Å². The standard InChI is InChI=1S/C16H16N2O/c19-16(18-11-4-3-5-12(18)9-8-11)14-10-17-15-7-2-1-6-13(14)15/h1-4,6-7,10-12,17H,5,8-9H2. The minimum absolute atomic E-state index is 0.175. The summed E-state index contributed by atoms with van der Waals surface area (Å²) in [7, 11) is 0. The zero-order chi connectivity index (χ0) is 12.8. The molecule has 0 spiro atoms. The fourth-order valence-electron chi connectivity index (χ4n) is 3.43. The maximum absolute atomic E-state index is 12.8. The van der Waals surface area contributed by atoms with Gasteiger partial charge in [0.25, 0.3) is 5.91 Å². The molecule has 96 valence electrons. The van der Waals surface area contributed by atoms with Crippen LogP contribution in [-0.4, -0.2) is 27.9 Å². The molecule has 0 saturated carbocycles. The quantitative estimate of drug-likeness (QED) is 0.778. The van der Waals surface area contributed by atoms with Crippen molar-refractivity contribution in [1.29, 1.82) is 0 Å². The van der Waals surface area contributed by atoms with Crippen molar-refractivity contribution >= 4 is 16.8 Å². The molecule has 2 aromatic rings. The SMILES string of the molecule is O=C(c1c[nH]c2ccccc12)N1C2C=CCC1CC2. The third kappa shape index (κ3) is 1.54. The number of amides is 1. The van der Waals surface area contributed by atoms with Crippen molar-refractivity contribution in [2.24, 2.45) is 0 Å². The fourth-order valence-corrected chi connectivity index (χ4v) is 3.43. The third-order valence-electron chi connectivity index (χ3n) is 4.37. The molecule has 2 atom stereocenters. The van der Waals surface area contributed by atoms with Gasteiger partial charge in [0, 0.05) is 23.1 Å². The lowest BCUT2D eigenvalue weighted by Gasteiger charge is -2.31. The predicted molar refractivity (Wildman–Crippen MR) is 75.0 cm³/mol. The van der Waals surface area contributed by atoms with Gasteiger partial charge in [-0.1, -0.05) is 30.4 Å². The van der Waals surface area contributed by atoms with Gasteiger partial charge in [-0.05, 0) is 25.3 Å². The first-order valence-corrected chi connectivity index (χ1v) is 6.90. The minimum atomic E-state index is 0.175. The average Bonchev–Trinajstić information content (AvgIpc) is 2.97. The lowest BCUT2D eigenvalue weighted by Crippen LogP contribution is -2.42. The number of fused-ring (bicyclic) bond motifs is 3. The molecule has 19 heavy (non-hydrogen) atoms. The van der Waals surface area contributed by atoms with Crippen LogP contribution in [0.2, 0.25) is 0 Å². The predicted octanol–water partition coefficient (Wildman–Crippen LogP) is 3.10. The number of benzene rings is 1. The Morgan fingerprint density at radius 3 is 3.05 bits per heavy atom. The van der Waals surface area contributed by atoms with Gasteiger partial charge in [0.1, 0.15) is 0 Å². The fraction of sp³-hybridized carbons (Fsp3) is 0.312. The molecule has 3 heteroatoms. The highest BCUT2D eigenvalue weighted by Gasteiger charge is 2.37. The van der Waals surface area contributed by atoms with E-state index in [0.29, 0.717) is 12.1 Å². The van der Waals surface area contributed by atoms with E-state index in [4.69, 9.17) is 0 Å². The van der Waals surface area contributed by atoms with Crippen molar-refractivity contribution in [2.75, 3.05) is 0 Å². The molecule has 2 bridgehead atoms. The summed E-state index contributed by atoms with van der Waals surface area (Å²) in [5, 5.41) is 1.03. The Morgan fingerprint density at radius 1 is 1.26 bits per heavy atom. The van der Waals surface area contributed by atoms with E-state index in [1.165, 1.54) is 0 Å². The molecule has 1 N–H and O–H groups in total. The van der Waals surface area contributed by atoms with E-state index in [-0.39, 0.29) is 5.91 Å². The number of H-pyrrole nitrogens is 1. The summed E-state index contributed by atoms with van der Waals surface area (Å²) in [6.45, 7) is 0. The molecule has 3 nitrogen and oxygen atoms in total. The molecule has 1 amide bonds. The maximum Gasteiger partial charge on any atom is 0.256 e. The summed E-state index contributed by atoms with van der Waals surface area (Å²) in [6, 6.07) is 8.70. The number of hydrogen-bond acceptors (Lipinski definition) is 1. The first-order valence-electron chi connectivity index (χ1n) is 6.90. The summed E-state index contributed by atoms with van der Waals surface area (Å²) in [4.78, 5) is 18.1. The highest BCUT2D eigenvalue weighted by molar-refractivity contribution is 6.07. The monoisotopic (exact) mass is 252 g/mol. The second-order valence-corrected chi connectivity index (χ2v) is 5.42. The van der Waals surface area contributed by atoms with Crippen LogP contribution in [0.15, 0.2) is 42.6 Å². The second-order valence-electron chi connectivity index (χ2n) is 5.42. The lowest BCUT2D eigenvalue weighted by molar-refractivity contribution is 0.0691. The summed E-state index contributed by atoms with van der Waals surface area (Å²) in [5.41, 5.74) is 1.84. The number of aromatic amines is 1. The van der Waals surface area contributed by atoms with Gasteiger partial charge in [0.05, 0.1) is 11.6 Å². The lowest BCUT2D eigenvalue weighted by atomic mass is 10.1. The number of carbonyl (C=O) groups excluding carboxylic acids is 1. The van der Waals surface area contributed by atoms with E-state index in [2.05, 4.69) is 22.0 Å². The molecule has 3 heterocycles. The van der Waals surface area contributed by atoms with Crippen LogP contribution in [-0.2, 0) is 0 Å². The van der Waals surface area contributed by atoms with E-state index in [9.17, 15) is 4.79 Å². The number of nitrogens with one attached hydrogen (secondary N) is 1. The molecular formula is C16H16N2O. The molecule has 1 aromatic carbocycles. The van der Waals surface area contributed by atoms with Gasteiger partial charge in [0.15, 0.2) is 0 Å². The Kier molecular flexibility index (Phi) is 2.28. The van der Waals surface area contributed by atoms with Crippen molar-refractivity contribution in [1.82, 2.24) is 9.88 Å². The number of para-hydroxylation sites is 1. The molecule has 0 radical (unpaired) electrons. The van der Waals surface area contributed by atoms with Gasteiger partial charge in [-0.2, -0.15) is 0 Å². The van der Waals surface area contributed by atoms with Gasteiger partial charge >= 0.3 is 0 Å². The Morgan fingerprint density at radius 2 is 2.16 bits per heavy atom. The largest absolute Gasteiger partial charge is 0.360 e. The first kappa shape index (κ1) is 10.9. The Bertz CT molecular complexity index is 670. The van der Waals surface area contributed by atoms with Crippen molar-refractivity contribution in [2.45, 2.75) is 31.3 Å². The normalized spacial score (nSPS) is 25.2. The molecule has 0 aliphatic carbocycles. The smallest absolute Gasteiger partial charge is 0.256 e. The Balaban J connectivity index is 1.77. The second kappa shape index (κ2) is 3.98. The average molecular weight is 252 g/mol. The minimum Gasteiger partial charge on any atom is -0.360 e. The molecule has 2 unspecified atom stereocenters. The molecule has 2 aliphatic rings. The van der Waals surface area contributed by atoms with E-state index < -0.39 is 0 Å². The number of aromatic nitrogens is 1. The topological polar surface area (TPSA) is 36.1 Å². The third-order valence-corrected chi connectivity index (χ3v) is 4.37. The van der Waals surface area contributed by atoms with Crippen LogP contribution >= 0.6 is 0 Å². The van der Waals surface area contributed by atoms with Crippen LogP contribution in [0.5, 0.6) is 0 Å². The maximum atomic E-state index is 12.8. The molecular weight excluding hydrogens is 236 g/mol. The number of nitrogens with zero attached hydrogens (tertiary/aromatic N) is 1. The molecule has 1 saturated heterocycles. The zero-order valence-corrected chi connectivity index (χ0v) is 10.7. The number of rotatable bonds is 1. The number of hydrogen-bond donors (Lipinski definition) is 1. The number of carbonyl (C=O) groups is 1. The molecule has 1 aromatic heterocycles. The Labute approximate surface area is 111 Å². The van der Waals surface area contributed by atoms with Gasteiger partial charge in [-0.15, -0.1) is 0 Å². The van der Waals surface area contributed by atoms with Crippen LogP contribution in [0, 0.1) is 0 Å². The van der Waals surface area contributed by atoms with Crippen molar-refractivity contribution in [3.05, 3.63) is 48.2 Å². The van der Waals surface area contributed by atoms with Crippen LogP contribution < -0.4 is 0 Å². The molecule has 2 aliphatic heterocycles. The van der Waals surface area contributed by atoms with Gasteiger partial charge in [0.2, 0.25) is 0 Å². The van der Waals surface area contributed by atoms with Crippen LogP contribution in [0.3, 0.4) is 0 Å². The van der Waals surface area contributed by atoms with Crippen LogP contribution in [0.4, 0.5) is 0 Å². The zero-order valence-electron chi connectivity index (χ0n) is 10.7. The van der Waals surface area contributed by atoms with E-state index >= 15 is 0 Å². The van der Waals surface area contributed by atoms with Gasteiger partial charge in [-0.25, -0.2) is 0 Å². The Hall–Kier alpha value is -2.03. The van der Waals surface area contributed by atoms with Crippen molar-refractivity contribution < 1.29 is 4.79 Å². The van der Waals surface area contributed by atoms with Gasteiger partial charge < -0.3 is 9.88 Å². The molecule has 1 fully saturated rings. The summed E-state index contributed by atoms with van der Waals surface area (Å²) in [6.07, 6.45) is 9.51. The highest BCUT2D eigenvalue weighted by atomic mass is 16.2. The van der Waals surface area contributed by atoms with E-state index in [1.54, 1.807) is 0 Å². The first-order chi connectivity index (χ1) is 9.34. The van der Waals surface area contributed by atoms with Crippen LogP contribution in [0.1, 0.15) is 29.6 Å². The summed E-state index contributed by atoms with van der Waals surface area (Å²) >= 11 is 0. The summed E-state index contributed by atoms with van der Waals surface area (Å²) in [5.74, 6) is 0.175. The van der Waals surface area contributed by atoms with E-state index in [1.807, 2.05) is 30.5 Å². The van der Waals surface area contributed by atoms with Gasteiger partial charge in [-0.3, -0.25) is 4.79 Å². The van der Waals surface area contributed by atoms with Crippen molar-refractivity contribution in [3.8, 4) is 0 Å². The van der Waals surface area contributed by atoms with Crippen molar-refractivity contribution in [3.63, 3.8) is 0 Å². The van der Waals surface area contributed by atoms with E-state index in [0.717, 1.165) is 35.7 Å².